The number of nitrogens with one attached hydrogen (secondary N) is 1. The van der Waals surface area contributed by atoms with Crippen LogP contribution in [0.2, 0.25) is 0 Å². The Morgan fingerprint density at radius 2 is 1.79 bits per heavy atom. The molecule has 0 unspecified atom stereocenters. The number of carbonyl (C=O) groups excluding carboxylic acids is 1. The number of nitrogens with zero attached hydrogens (tertiary/aromatic N) is 3. The molecule has 2 aromatic heterocycles. The van der Waals surface area contributed by atoms with Crippen molar-refractivity contribution in [2.75, 3.05) is 11.1 Å². The van der Waals surface area contributed by atoms with E-state index in [-0.39, 0.29) is 23.9 Å². The molecule has 2 heterocycles. The van der Waals surface area contributed by atoms with Gasteiger partial charge in [0.1, 0.15) is 11.6 Å². The number of amides is 1. The standard InChI is InChI=1S/C20H15F2N5O/c21-15-5-1-12(2-6-15)9-19(28)24-17-7-3-13(10-16(17)22)14-4-8-18-25-20(23)26-27(18)11-14/h1-8,10-11H,9H2,(H2,23,26)(H,24,28). The van der Waals surface area contributed by atoms with Crippen molar-refractivity contribution in [2.45, 2.75) is 6.42 Å². The topological polar surface area (TPSA) is 85.3 Å². The van der Waals surface area contributed by atoms with Crippen molar-refractivity contribution in [3.8, 4) is 11.1 Å². The van der Waals surface area contributed by atoms with Gasteiger partial charge in [0, 0.05) is 11.8 Å². The van der Waals surface area contributed by atoms with E-state index in [9.17, 15) is 13.6 Å². The number of halogens is 2. The third-order valence-electron chi connectivity index (χ3n) is 4.20. The number of rotatable bonds is 4. The van der Waals surface area contributed by atoms with E-state index in [1.807, 2.05) is 0 Å². The summed E-state index contributed by atoms with van der Waals surface area (Å²) in [5.74, 6) is -1.18. The van der Waals surface area contributed by atoms with Crippen LogP contribution in [0.3, 0.4) is 0 Å². The monoisotopic (exact) mass is 379 g/mol. The first-order chi connectivity index (χ1) is 13.5. The van der Waals surface area contributed by atoms with Gasteiger partial charge in [0.2, 0.25) is 11.9 Å². The lowest BCUT2D eigenvalue weighted by molar-refractivity contribution is -0.115. The molecule has 1 amide bonds. The van der Waals surface area contributed by atoms with Gasteiger partial charge in [-0.25, -0.2) is 13.3 Å². The number of anilines is 2. The Hall–Kier alpha value is -3.81. The Morgan fingerprint density at radius 1 is 1.04 bits per heavy atom. The summed E-state index contributed by atoms with van der Waals surface area (Å²) in [7, 11) is 0. The second-order valence-electron chi connectivity index (χ2n) is 6.24. The summed E-state index contributed by atoms with van der Waals surface area (Å²) in [6, 6.07) is 13.6. The number of nitrogen functional groups attached to an aromatic ring is 1. The van der Waals surface area contributed by atoms with Gasteiger partial charge in [-0.15, -0.1) is 5.10 Å². The lowest BCUT2D eigenvalue weighted by Crippen LogP contribution is -2.15. The van der Waals surface area contributed by atoms with E-state index in [1.165, 1.54) is 40.9 Å². The molecule has 0 saturated heterocycles. The molecule has 2 aromatic carbocycles. The summed E-state index contributed by atoms with van der Waals surface area (Å²) < 4.78 is 28.9. The van der Waals surface area contributed by atoms with Crippen LogP contribution in [0.25, 0.3) is 16.8 Å². The zero-order valence-electron chi connectivity index (χ0n) is 14.6. The summed E-state index contributed by atoms with van der Waals surface area (Å²) in [6.45, 7) is 0. The maximum Gasteiger partial charge on any atom is 0.240 e. The van der Waals surface area contributed by atoms with Crippen molar-refractivity contribution in [3.05, 3.63) is 78.0 Å². The molecule has 0 atom stereocenters. The van der Waals surface area contributed by atoms with Gasteiger partial charge >= 0.3 is 0 Å². The second kappa shape index (κ2) is 7.07. The van der Waals surface area contributed by atoms with Crippen LogP contribution in [0.1, 0.15) is 5.56 Å². The molecule has 0 saturated carbocycles. The molecule has 8 heteroatoms. The number of carbonyl (C=O) groups is 1. The fourth-order valence-electron chi connectivity index (χ4n) is 2.85. The average Bonchev–Trinajstić information content (AvgIpc) is 3.04. The highest BCUT2D eigenvalue weighted by Crippen LogP contribution is 2.25. The number of benzene rings is 2. The first kappa shape index (κ1) is 17.6. The minimum Gasteiger partial charge on any atom is -0.366 e. The zero-order valence-corrected chi connectivity index (χ0v) is 14.6. The highest BCUT2D eigenvalue weighted by molar-refractivity contribution is 5.92. The van der Waals surface area contributed by atoms with Gasteiger partial charge in [0.25, 0.3) is 0 Å². The number of nitrogens with two attached hydrogens (primary N) is 1. The molecule has 0 bridgehead atoms. The van der Waals surface area contributed by atoms with Crippen LogP contribution in [0.5, 0.6) is 0 Å². The number of hydrogen-bond acceptors (Lipinski definition) is 4. The summed E-state index contributed by atoms with van der Waals surface area (Å²) >= 11 is 0. The van der Waals surface area contributed by atoms with Gasteiger partial charge in [-0.3, -0.25) is 4.79 Å². The van der Waals surface area contributed by atoms with E-state index >= 15 is 0 Å². The van der Waals surface area contributed by atoms with Crippen molar-refractivity contribution in [2.24, 2.45) is 0 Å². The number of hydrogen-bond donors (Lipinski definition) is 2. The largest absolute Gasteiger partial charge is 0.366 e. The van der Waals surface area contributed by atoms with Crippen molar-refractivity contribution in [3.63, 3.8) is 0 Å². The van der Waals surface area contributed by atoms with E-state index in [2.05, 4.69) is 15.4 Å². The van der Waals surface area contributed by atoms with Crippen LogP contribution >= 0.6 is 0 Å². The summed E-state index contributed by atoms with van der Waals surface area (Å²) in [5, 5.41) is 6.57. The summed E-state index contributed by atoms with van der Waals surface area (Å²) in [4.78, 5) is 16.2. The Balaban J connectivity index is 1.51. The van der Waals surface area contributed by atoms with Crippen LogP contribution in [0, 0.1) is 11.6 Å². The van der Waals surface area contributed by atoms with Gasteiger partial charge < -0.3 is 11.1 Å². The summed E-state index contributed by atoms with van der Waals surface area (Å²) in [6.07, 6.45) is 1.71. The lowest BCUT2D eigenvalue weighted by Gasteiger charge is -2.09. The Labute approximate surface area is 158 Å². The van der Waals surface area contributed by atoms with Gasteiger partial charge in [0.15, 0.2) is 5.65 Å². The molecular weight excluding hydrogens is 364 g/mol. The van der Waals surface area contributed by atoms with Gasteiger partial charge in [-0.2, -0.15) is 4.98 Å². The van der Waals surface area contributed by atoms with E-state index < -0.39 is 11.7 Å². The van der Waals surface area contributed by atoms with Crippen molar-refractivity contribution < 1.29 is 13.6 Å². The van der Waals surface area contributed by atoms with Crippen LogP contribution in [-0.4, -0.2) is 20.5 Å². The highest BCUT2D eigenvalue weighted by Gasteiger charge is 2.11. The molecule has 28 heavy (non-hydrogen) atoms. The van der Waals surface area contributed by atoms with Crippen LogP contribution in [-0.2, 0) is 11.2 Å². The first-order valence-corrected chi connectivity index (χ1v) is 8.44. The quantitative estimate of drug-likeness (QED) is 0.569. The van der Waals surface area contributed by atoms with E-state index in [0.717, 1.165) is 5.56 Å². The Bertz CT molecular complexity index is 1170. The van der Waals surface area contributed by atoms with Gasteiger partial charge in [-0.1, -0.05) is 18.2 Å². The Morgan fingerprint density at radius 3 is 2.54 bits per heavy atom. The van der Waals surface area contributed by atoms with Crippen molar-refractivity contribution in [1.82, 2.24) is 14.6 Å². The predicted octanol–water partition coefficient (Wildman–Crippen LogP) is 3.44. The molecule has 3 N–H and O–H groups in total. The van der Waals surface area contributed by atoms with Gasteiger partial charge in [-0.05, 0) is 47.5 Å². The molecule has 4 aromatic rings. The van der Waals surface area contributed by atoms with Crippen molar-refractivity contribution in [1.29, 1.82) is 0 Å². The minimum absolute atomic E-state index is 0.0197. The predicted molar refractivity (Wildman–Crippen MR) is 102 cm³/mol. The van der Waals surface area contributed by atoms with E-state index in [0.29, 0.717) is 16.8 Å². The molecule has 0 fully saturated rings. The average molecular weight is 379 g/mol. The fourth-order valence-corrected chi connectivity index (χ4v) is 2.85. The smallest absolute Gasteiger partial charge is 0.240 e. The van der Waals surface area contributed by atoms with Crippen LogP contribution in [0.4, 0.5) is 20.4 Å². The number of fused-ring (bicyclic) bond motifs is 1. The molecule has 140 valence electrons. The van der Waals surface area contributed by atoms with E-state index in [4.69, 9.17) is 5.73 Å². The molecule has 0 radical (unpaired) electrons. The molecular formula is C20H15F2N5O. The SMILES string of the molecule is Nc1nc2ccc(-c3ccc(NC(=O)Cc4ccc(F)cc4)c(F)c3)cn2n1. The minimum atomic E-state index is -0.567. The normalized spacial score (nSPS) is 10.9. The van der Waals surface area contributed by atoms with Crippen LogP contribution in [0.15, 0.2) is 60.8 Å². The molecule has 0 aliphatic rings. The third kappa shape index (κ3) is 3.66. The zero-order chi connectivity index (χ0) is 19.7. The fraction of sp³-hybridized carbons (Fsp3) is 0.0500. The third-order valence-corrected chi connectivity index (χ3v) is 4.20. The molecule has 4 rings (SSSR count). The van der Waals surface area contributed by atoms with E-state index in [1.54, 1.807) is 24.4 Å². The molecule has 0 spiro atoms. The molecule has 0 aliphatic heterocycles. The van der Waals surface area contributed by atoms with Gasteiger partial charge in [0.05, 0.1) is 12.1 Å². The maximum atomic E-state index is 14.5. The highest BCUT2D eigenvalue weighted by atomic mass is 19.1. The molecule has 0 aliphatic carbocycles. The van der Waals surface area contributed by atoms with Crippen molar-refractivity contribution >= 4 is 23.2 Å². The number of aromatic nitrogens is 3. The maximum absolute atomic E-state index is 14.5. The van der Waals surface area contributed by atoms with Crippen LogP contribution < -0.4 is 11.1 Å². The lowest BCUT2D eigenvalue weighted by atomic mass is 10.1. The molecule has 6 nitrogen and oxygen atoms in total. The number of pyridine rings is 1. The Kier molecular flexibility index (Phi) is 4.44. The second-order valence-corrected chi connectivity index (χ2v) is 6.24. The first-order valence-electron chi connectivity index (χ1n) is 8.44. The summed E-state index contributed by atoms with van der Waals surface area (Å²) in [5.41, 5.74) is 8.20.